The minimum atomic E-state index is -0.450. The minimum absolute atomic E-state index is 0.210. The van der Waals surface area contributed by atoms with Crippen molar-refractivity contribution < 1.29 is 24.0 Å². The molecule has 6 nitrogen and oxygen atoms in total. The van der Waals surface area contributed by atoms with Crippen molar-refractivity contribution in [3.63, 3.8) is 0 Å². The largest absolute Gasteiger partial charge is 0.452 e. The van der Waals surface area contributed by atoms with E-state index in [1.165, 1.54) is 16.9 Å². The Balaban J connectivity index is 1.41. The first kappa shape index (κ1) is 18.9. The average Bonchev–Trinajstić information content (AvgIpc) is 2.68. The van der Waals surface area contributed by atoms with Gasteiger partial charge in [-0.3, -0.25) is 4.79 Å². The Bertz CT molecular complexity index is 590. The molecule has 0 bridgehead atoms. The number of carbonyl (C=O) groups excluding carboxylic acids is 2. The summed E-state index contributed by atoms with van der Waals surface area (Å²) < 4.78 is 10.5. The molecule has 0 spiro atoms. The fourth-order valence-corrected chi connectivity index (χ4v) is 3.61. The van der Waals surface area contributed by atoms with E-state index in [1.807, 2.05) is 12.1 Å². The molecule has 1 aliphatic carbocycles. The first-order chi connectivity index (χ1) is 12.7. The van der Waals surface area contributed by atoms with Crippen molar-refractivity contribution in [2.45, 2.75) is 44.7 Å². The van der Waals surface area contributed by atoms with E-state index in [4.69, 9.17) is 9.47 Å². The zero-order valence-corrected chi connectivity index (χ0v) is 15.3. The van der Waals surface area contributed by atoms with E-state index in [0.29, 0.717) is 5.56 Å². The van der Waals surface area contributed by atoms with Crippen LogP contribution in [0, 0.1) is 0 Å². The number of morpholine rings is 1. The zero-order valence-electron chi connectivity index (χ0n) is 15.3. The van der Waals surface area contributed by atoms with Crippen LogP contribution in [0.3, 0.4) is 0 Å². The van der Waals surface area contributed by atoms with Crippen molar-refractivity contribution in [2.24, 2.45) is 0 Å². The lowest BCUT2D eigenvalue weighted by atomic mass is 9.95. The molecule has 1 saturated carbocycles. The molecule has 3 rings (SSSR count). The second kappa shape index (κ2) is 9.69. The molecule has 1 aromatic rings. The van der Waals surface area contributed by atoms with E-state index >= 15 is 0 Å². The molecule has 26 heavy (non-hydrogen) atoms. The molecule has 2 aliphatic rings. The lowest BCUT2D eigenvalue weighted by Gasteiger charge is -2.23. The van der Waals surface area contributed by atoms with E-state index in [9.17, 15) is 9.59 Å². The Hall–Kier alpha value is -1.92. The summed E-state index contributed by atoms with van der Waals surface area (Å²) in [5.41, 5.74) is 1.67. The molecule has 1 aromatic carbocycles. The summed E-state index contributed by atoms with van der Waals surface area (Å²) in [5, 5.41) is 2.95. The van der Waals surface area contributed by atoms with Crippen LogP contribution in [0.15, 0.2) is 24.3 Å². The van der Waals surface area contributed by atoms with Gasteiger partial charge in [-0.05, 0) is 25.0 Å². The van der Waals surface area contributed by atoms with Crippen LogP contribution in [-0.2, 0) is 20.8 Å². The van der Waals surface area contributed by atoms with Gasteiger partial charge in [0.2, 0.25) is 0 Å². The molecule has 1 heterocycles. The summed E-state index contributed by atoms with van der Waals surface area (Å²) in [6, 6.07) is 7.70. The maximum absolute atomic E-state index is 12.1. The van der Waals surface area contributed by atoms with Crippen molar-refractivity contribution in [1.82, 2.24) is 5.32 Å². The Morgan fingerprint density at radius 2 is 1.77 bits per heavy atom. The molecule has 6 heteroatoms. The number of esters is 1. The Labute approximate surface area is 154 Å². The predicted octanol–water partition coefficient (Wildman–Crippen LogP) is 0.707. The molecule has 142 valence electrons. The Kier molecular flexibility index (Phi) is 7.03. The highest BCUT2D eigenvalue weighted by Gasteiger charge is 2.18. The molecule has 2 fully saturated rings. The van der Waals surface area contributed by atoms with Crippen LogP contribution in [-0.4, -0.2) is 50.8 Å². The second-order valence-electron chi connectivity index (χ2n) is 7.21. The number of rotatable bonds is 6. The topological polar surface area (TPSA) is 69.1 Å². The molecule has 1 aliphatic heterocycles. The van der Waals surface area contributed by atoms with Gasteiger partial charge in [-0.15, -0.1) is 0 Å². The normalized spacial score (nSPS) is 19.1. The maximum atomic E-state index is 12.1. The van der Waals surface area contributed by atoms with Gasteiger partial charge in [-0.25, -0.2) is 4.79 Å². The van der Waals surface area contributed by atoms with E-state index in [-0.39, 0.29) is 18.6 Å². The van der Waals surface area contributed by atoms with Gasteiger partial charge < -0.3 is 19.7 Å². The van der Waals surface area contributed by atoms with Crippen LogP contribution in [0.1, 0.15) is 48.0 Å². The molecule has 0 radical (unpaired) electrons. The lowest BCUT2D eigenvalue weighted by Crippen LogP contribution is -3.12. The quantitative estimate of drug-likeness (QED) is 0.732. The Morgan fingerprint density at radius 1 is 1.08 bits per heavy atom. The van der Waals surface area contributed by atoms with Gasteiger partial charge in [0.05, 0.1) is 18.8 Å². The van der Waals surface area contributed by atoms with Crippen molar-refractivity contribution in [3.8, 4) is 0 Å². The van der Waals surface area contributed by atoms with Crippen LogP contribution >= 0.6 is 0 Å². The molecular weight excluding hydrogens is 332 g/mol. The summed E-state index contributed by atoms with van der Waals surface area (Å²) >= 11 is 0. The van der Waals surface area contributed by atoms with Gasteiger partial charge in [0.15, 0.2) is 6.61 Å². The predicted molar refractivity (Wildman–Crippen MR) is 97.0 cm³/mol. The molecule has 1 amide bonds. The number of benzene rings is 1. The summed E-state index contributed by atoms with van der Waals surface area (Å²) in [4.78, 5) is 25.5. The van der Waals surface area contributed by atoms with E-state index in [1.54, 1.807) is 12.1 Å². The highest BCUT2D eigenvalue weighted by atomic mass is 16.5. The van der Waals surface area contributed by atoms with E-state index in [0.717, 1.165) is 58.5 Å². The van der Waals surface area contributed by atoms with Crippen LogP contribution in [0.5, 0.6) is 0 Å². The third kappa shape index (κ3) is 5.81. The monoisotopic (exact) mass is 361 g/mol. The van der Waals surface area contributed by atoms with Crippen LogP contribution < -0.4 is 10.2 Å². The molecule has 0 aromatic heterocycles. The standard InChI is InChI=1S/C20H28N2O4/c23-19(21-18-4-2-1-3-5-18)15-26-20(24)17-8-6-16(7-9-17)14-22-10-12-25-13-11-22/h6-9,18H,1-5,10-15H2,(H,21,23)/p+1. The molecular formula is C20H29N2O4+. The van der Waals surface area contributed by atoms with Crippen molar-refractivity contribution in [3.05, 3.63) is 35.4 Å². The smallest absolute Gasteiger partial charge is 0.338 e. The van der Waals surface area contributed by atoms with Crippen molar-refractivity contribution >= 4 is 11.9 Å². The van der Waals surface area contributed by atoms with Gasteiger partial charge in [0.25, 0.3) is 5.91 Å². The Morgan fingerprint density at radius 3 is 2.46 bits per heavy atom. The number of hydrogen-bond acceptors (Lipinski definition) is 4. The first-order valence-corrected chi connectivity index (χ1v) is 9.67. The summed E-state index contributed by atoms with van der Waals surface area (Å²) in [7, 11) is 0. The van der Waals surface area contributed by atoms with Gasteiger partial charge in [0, 0.05) is 11.6 Å². The summed E-state index contributed by atoms with van der Waals surface area (Å²) in [6.07, 6.45) is 5.59. The summed E-state index contributed by atoms with van der Waals surface area (Å²) in [6.45, 7) is 4.36. The number of ether oxygens (including phenoxy) is 2. The SMILES string of the molecule is O=C(COC(=O)c1ccc(C[NH+]2CCOCC2)cc1)NC1CCCCC1. The van der Waals surface area contributed by atoms with Gasteiger partial charge in [-0.1, -0.05) is 31.4 Å². The van der Waals surface area contributed by atoms with Gasteiger partial charge in [0.1, 0.15) is 19.6 Å². The van der Waals surface area contributed by atoms with E-state index in [2.05, 4.69) is 5.32 Å². The highest BCUT2D eigenvalue weighted by Crippen LogP contribution is 2.17. The fraction of sp³-hybridized carbons (Fsp3) is 0.600. The fourth-order valence-electron chi connectivity index (χ4n) is 3.61. The number of nitrogens with one attached hydrogen (secondary N) is 2. The van der Waals surface area contributed by atoms with Crippen LogP contribution in [0.2, 0.25) is 0 Å². The average molecular weight is 361 g/mol. The number of carbonyl (C=O) groups is 2. The van der Waals surface area contributed by atoms with Crippen molar-refractivity contribution in [1.29, 1.82) is 0 Å². The van der Waals surface area contributed by atoms with Crippen molar-refractivity contribution in [2.75, 3.05) is 32.9 Å². The van der Waals surface area contributed by atoms with Gasteiger partial charge >= 0.3 is 5.97 Å². The third-order valence-corrected chi connectivity index (χ3v) is 5.15. The molecule has 1 saturated heterocycles. The highest BCUT2D eigenvalue weighted by molar-refractivity contribution is 5.91. The second-order valence-corrected chi connectivity index (χ2v) is 7.21. The minimum Gasteiger partial charge on any atom is -0.452 e. The van der Waals surface area contributed by atoms with Crippen LogP contribution in [0.4, 0.5) is 0 Å². The third-order valence-electron chi connectivity index (χ3n) is 5.15. The van der Waals surface area contributed by atoms with E-state index < -0.39 is 5.97 Å². The molecule has 0 atom stereocenters. The lowest BCUT2D eigenvalue weighted by molar-refractivity contribution is -0.921. The maximum Gasteiger partial charge on any atom is 0.338 e. The molecule has 2 N–H and O–H groups in total. The van der Waals surface area contributed by atoms with Gasteiger partial charge in [-0.2, -0.15) is 0 Å². The first-order valence-electron chi connectivity index (χ1n) is 9.67. The zero-order chi connectivity index (χ0) is 18.2. The number of hydrogen-bond donors (Lipinski definition) is 2. The number of amides is 1. The van der Waals surface area contributed by atoms with Crippen LogP contribution in [0.25, 0.3) is 0 Å². The number of quaternary nitrogens is 1. The molecule has 0 unspecified atom stereocenters. The summed E-state index contributed by atoms with van der Waals surface area (Å²) in [5.74, 6) is -0.660.